The molecule has 0 unspecified atom stereocenters. The summed E-state index contributed by atoms with van der Waals surface area (Å²) in [4.78, 5) is 16.1. The number of aryl methyl sites for hydroxylation is 1. The molecular weight excluding hydrogens is 310 g/mol. The average Bonchev–Trinajstić information content (AvgIpc) is 3.11. The molecule has 130 valence electrons. The molecule has 2 rings (SSSR count). The van der Waals surface area contributed by atoms with Gasteiger partial charge >= 0.3 is 0 Å². The first-order valence-electron chi connectivity index (χ1n) is 7.69. The number of hydrogen-bond donors (Lipinski definition) is 1. The van der Waals surface area contributed by atoms with Crippen molar-refractivity contribution in [2.75, 3.05) is 27.9 Å². The summed E-state index contributed by atoms with van der Waals surface area (Å²) in [6.45, 7) is 1.44. The molecule has 0 aliphatic carbocycles. The predicted octanol–water partition coefficient (Wildman–Crippen LogP) is 1.66. The van der Waals surface area contributed by atoms with Crippen LogP contribution < -0.4 is 19.5 Å². The van der Waals surface area contributed by atoms with Crippen molar-refractivity contribution < 1.29 is 19.0 Å². The Kier molecular flexibility index (Phi) is 6.48. The van der Waals surface area contributed by atoms with Crippen molar-refractivity contribution in [2.24, 2.45) is 0 Å². The lowest BCUT2D eigenvalue weighted by Crippen LogP contribution is -2.26. The highest BCUT2D eigenvalue weighted by molar-refractivity contribution is 5.79. The Hall–Kier alpha value is -2.70. The van der Waals surface area contributed by atoms with E-state index in [0.717, 1.165) is 18.5 Å². The van der Waals surface area contributed by atoms with Gasteiger partial charge in [0.25, 0.3) is 0 Å². The van der Waals surface area contributed by atoms with Crippen LogP contribution in [0.3, 0.4) is 0 Å². The van der Waals surface area contributed by atoms with Crippen LogP contribution in [0, 0.1) is 0 Å². The molecule has 7 nitrogen and oxygen atoms in total. The molecule has 0 saturated carbocycles. The number of aromatic nitrogens is 2. The number of methoxy groups -OCH3 is 3. The average molecular weight is 333 g/mol. The molecule has 2 aromatic rings. The van der Waals surface area contributed by atoms with Crippen LogP contribution in [0.15, 0.2) is 30.9 Å². The molecule has 0 saturated heterocycles. The number of imidazole rings is 1. The van der Waals surface area contributed by atoms with E-state index in [1.54, 1.807) is 46.0 Å². The Bertz CT molecular complexity index is 631. The van der Waals surface area contributed by atoms with Gasteiger partial charge in [-0.05, 0) is 24.1 Å². The molecule has 0 radical (unpaired) electrons. The lowest BCUT2D eigenvalue weighted by Gasteiger charge is -2.14. The smallest absolute Gasteiger partial charge is 0.224 e. The molecule has 1 N–H and O–H groups in total. The van der Waals surface area contributed by atoms with E-state index in [0.29, 0.717) is 23.8 Å². The van der Waals surface area contributed by atoms with Crippen molar-refractivity contribution in [2.45, 2.75) is 19.4 Å². The van der Waals surface area contributed by atoms with E-state index in [4.69, 9.17) is 14.2 Å². The second-order valence-electron chi connectivity index (χ2n) is 5.21. The fourth-order valence-electron chi connectivity index (χ4n) is 2.39. The van der Waals surface area contributed by atoms with Crippen LogP contribution in [-0.4, -0.2) is 43.3 Å². The first-order valence-corrected chi connectivity index (χ1v) is 7.69. The van der Waals surface area contributed by atoms with Crippen LogP contribution in [-0.2, 0) is 17.8 Å². The molecule has 0 aliphatic heterocycles. The third-order valence-electron chi connectivity index (χ3n) is 3.56. The molecule has 0 bridgehead atoms. The maximum absolute atomic E-state index is 12.1. The molecule has 1 aromatic carbocycles. The lowest BCUT2D eigenvalue weighted by molar-refractivity contribution is -0.120. The van der Waals surface area contributed by atoms with Crippen molar-refractivity contribution in [3.63, 3.8) is 0 Å². The molecule has 0 spiro atoms. The second-order valence-corrected chi connectivity index (χ2v) is 5.21. The van der Waals surface area contributed by atoms with Gasteiger partial charge in [-0.3, -0.25) is 4.79 Å². The summed E-state index contributed by atoms with van der Waals surface area (Å²) >= 11 is 0. The highest BCUT2D eigenvalue weighted by Gasteiger charge is 2.14. The van der Waals surface area contributed by atoms with Gasteiger partial charge in [-0.1, -0.05) is 0 Å². The normalized spacial score (nSPS) is 10.3. The van der Waals surface area contributed by atoms with Gasteiger partial charge in [0, 0.05) is 25.5 Å². The van der Waals surface area contributed by atoms with Gasteiger partial charge in [-0.25, -0.2) is 4.98 Å². The quantitative estimate of drug-likeness (QED) is 0.707. The molecular formula is C17H23N3O4. The minimum Gasteiger partial charge on any atom is -0.493 e. The summed E-state index contributed by atoms with van der Waals surface area (Å²) in [5.41, 5.74) is 0.802. The molecule has 1 heterocycles. The van der Waals surface area contributed by atoms with E-state index >= 15 is 0 Å². The van der Waals surface area contributed by atoms with Gasteiger partial charge < -0.3 is 24.1 Å². The van der Waals surface area contributed by atoms with Crippen molar-refractivity contribution >= 4 is 5.91 Å². The maximum atomic E-state index is 12.1. The van der Waals surface area contributed by atoms with Gasteiger partial charge in [-0.15, -0.1) is 0 Å². The Labute approximate surface area is 141 Å². The van der Waals surface area contributed by atoms with E-state index < -0.39 is 0 Å². The molecule has 1 aromatic heterocycles. The number of nitrogens with zero attached hydrogens (tertiary/aromatic N) is 2. The van der Waals surface area contributed by atoms with Crippen LogP contribution in [0.2, 0.25) is 0 Å². The topological polar surface area (TPSA) is 74.6 Å². The Balaban J connectivity index is 1.88. The van der Waals surface area contributed by atoms with Gasteiger partial charge in [0.1, 0.15) is 0 Å². The number of carbonyl (C=O) groups excluding carboxylic acids is 1. The van der Waals surface area contributed by atoms with E-state index in [9.17, 15) is 4.79 Å². The van der Waals surface area contributed by atoms with Crippen LogP contribution >= 0.6 is 0 Å². The van der Waals surface area contributed by atoms with Gasteiger partial charge in [0.2, 0.25) is 11.7 Å². The molecule has 0 atom stereocenters. The first-order chi connectivity index (χ1) is 11.7. The number of benzene rings is 1. The Morgan fingerprint density at radius 3 is 2.42 bits per heavy atom. The SMILES string of the molecule is COc1cc(CC(=O)NCCCn2ccnc2)cc(OC)c1OC. The van der Waals surface area contributed by atoms with Crippen molar-refractivity contribution in [3.8, 4) is 17.2 Å². The van der Waals surface area contributed by atoms with Crippen molar-refractivity contribution in [1.29, 1.82) is 0 Å². The number of ether oxygens (including phenoxy) is 3. The first kappa shape index (κ1) is 17.7. The number of amides is 1. The van der Waals surface area contributed by atoms with Gasteiger partial charge in [-0.2, -0.15) is 0 Å². The molecule has 0 aliphatic rings. The van der Waals surface area contributed by atoms with Crippen LogP contribution in [0.5, 0.6) is 17.2 Å². The van der Waals surface area contributed by atoms with Crippen LogP contribution in [0.4, 0.5) is 0 Å². The highest BCUT2D eigenvalue weighted by atomic mass is 16.5. The minimum absolute atomic E-state index is 0.0464. The summed E-state index contributed by atoms with van der Waals surface area (Å²) in [7, 11) is 4.65. The zero-order chi connectivity index (χ0) is 17.4. The number of carbonyl (C=O) groups is 1. The largest absolute Gasteiger partial charge is 0.493 e. The predicted molar refractivity (Wildman–Crippen MR) is 89.7 cm³/mol. The summed E-state index contributed by atoms with van der Waals surface area (Å²) in [6.07, 6.45) is 6.50. The zero-order valence-corrected chi connectivity index (χ0v) is 14.2. The Morgan fingerprint density at radius 2 is 1.88 bits per heavy atom. The fraction of sp³-hybridized carbons (Fsp3) is 0.412. The monoisotopic (exact) mass is 333 g/mol. The summed E-state index contributed by atoms with van der Waals surface area (Å²) in [5, 5.41) is 2.91. The van der Waals surface area contributed by atoms with Crippen LogP contribution in [0.1, 0.15) is 12.0 Å². The molecule has 7 heteroatoms. The summed E-state index contributed by atoms with van der Waals surface area (Å²) in [6, 6.07) is 3.57. The number of rotatable bonds is 9. The minimum atomic E-state index is -0.0464. The molecule has 0 fully saturated rings. The van der Waals surface area contributed by atoms with Gasteiger partial charge in [0.05, 0.1) is 34.1 Å². The highest BCUT2D eigenvalue weighted by Crippen LogP contribution is 2.38. The van der Waals surface area contributed by atoms with E-state index in [-0.39, 0.29) is 12.3 Å². The third-order valence-corrected chi connectivity index (χ3v) is 3.56. The number of nitrogens with one attached hydrogen (secondary N) is 1. The lowest BCUT2D eigenvalue weighted by atomic mass is 10.1. The van der Waals surface area contributed by atoms with Crippen LogP contribution in [0.25, 0.3) is 0 Å². The Morgan fingerprint density at radius 1 is 1.17 bits per heavy atom. The van der Waals surface area contributed by atoms with E-state index in [1.807, 2.05) is 10.8 Å². The summed E-state index contributed by atoms with van der Waals surface area (Å²) in [5.74, 6) is 1.55. The zero-order valence-electron chi connectivity index (χ0n) is 14.2. The fourth-order valence-corrected chi connectivity index (χ4v) is 2.39. The summed E-state index contributed by atoms with van der Waals surface area (Å²) < 4.78 is 17.8. The molecule has 1 amide bonds. The van der Waals surface area contributed by atoms with Crippen molar-refractivity contribution in [1.82, 2.24) is 14.9 Å². The van der Waals surface area contributed by atoms with Crippen molar-refractivity contribution in [3.05, 3.63) is 36.4 Å². The maximum Gasteiger partial charge on any atom is 0.224 e. The second kappa shape index (κ2) is 8.81. The standard InChI is InChI=1S/C17H23N3O4/c1-22-14-9-13(10-15(23-2)17(14)24-3)11-16(21)19-5-4-7-20-8-6-18-12-20/h6,8-10,12H,4-5,7,11H2,1-3H3,(H,19,21). The van der Waals surface area contributed by atoms with Gasteiger partial charge in [0.15, 0.2) is 11.5 Å². The number of hydrogen-bond acceptors (Lipinski definition) is 5. The van der Waals surface area contributed by atoms with E-state index in [2.05, 4.69) is 10.3 Å². The van der Waals surface area contributed by atoms with E-state index in [1.165, 1.54) is 0 Å². The molecule has 24 heavy (non-hydrogen) atoms. The third kappa shape index (κ3) is 4.65.